The Morgan fingerprint density at radius 1 is 1.42 bits per heavy atom. The number of anilines is 1. The third-order valence-corrected chi connectivity index (χ3v) is 2.90. The van der Waals surface area contributed by atoms with E-state index in [1.807, 2.05) is 6.92 Å². The smallest absolute Gasteiger partial charge is 0.132 e. The van der Waals surface area contributed by atoms with Crippen LogP contribution in [-0.2, 0) is 13.0 Å². The van der Waals surface area contributed by atoms with Crippen molar-refractivity contribution in [3.8, 4) is 11.3 Å². The minimum atomic E-state index is -0.543. The Kier molecular flexibility index (Phi) is 3.64. The fourth-order valence-corrected chi connectivity index (χ4v) is 1.99. The molecule has 0 bridgehead atoms. The summed E-state index contributed by atoms with van der Waals surface area (Å²) >= 11 is 0. The number of aryl methyl sites for hydroxylation is 1. The molecule has 1 aromatic heterocycles. The van der Waals surface area contributed by atoms with Crippen LogP contribution in [0.5, 0.6) is 0 Å². The number of imidazole rings is 1. The molecule has 2 rings (SSSR count). The molecule has 1 heterocycles. The zero-order chi connectivity index (χ0) is 14.0. The first kappa shape index (κ1) is 13.3. The number of allylic oxidation sites excluding steroid dienone is 1. The Morgan fingerprint density at radius 2 is 2.16 bits per heavy atom. The molecule has 0 saturated carbocycles. The van der Waals surface area contributed by atoms with Crippen LogP contribution in [0.15, 0.2) is 30.9 Å². The molecule has 0 fully saturated rings. The monoisotopic (exact) mass is 263 g/mol. The maximum Gasteiger partial charge on any atom is 0.132 e. The lowest BCUT2D eigenvalue weighted by atomic mass is 10.1. The van der Waals surface area contributed by atoms with Crippen molar-refractivity contribution in [3.05, 3.63) is 48.3 Å². The molecule has 5 heteroatoms. The summed E-state index contributed by atoms with van der Waals surface area (Å²) in [5.41, 5.74) is 6.33. The number of rotatable bonds is 4. The predicted octanol–water partition coefficient (Wildman–Crippen LogP) is 3.16. The van der Waals surface area contributed by atoms with E-state index < -0.39 is 11.6 Å². The van der Waals surface area contributed by atoms with E-state index in [0.717, 1.165) is 24.0 Å². The van der Waals surface area contributed by atoms with Crippen LogP contribution in [0.4, 0.5) is 14.6 Å². The van der Waals surface area contributed by atoms with Gasteiger partial charge in [-0.3, -0.25) is 0 Å². The lowest BCUT2D eigenvalue weighted by Gasteiger charge is -2.05. The standard InChI is InChI=1S/C14H15F2N3/c1-3-7-19-12(4-2)18-13(14(19)17)10-8-9(15)5-6-11(10)16/h3,5-6,8H,1,4,7,17H2,2H3. The van der Waals surface area contributed by atoms with Crippen molar-refractivity contribution in [3.63, 3.8) is 0 Å². The maximum absolute atomic E-state index is 13.8. The molecule has 0 radical (unpaired) electrons. The fourth-order valence-electron chi connectivity index (χ4n) is 1.99. The van der Waals surface area contributed by atoms with Crippen LogP contribution in [0.2, 0.25) is 0 Å². The van der Waals surface area contributed by atoms with Gasteiger partial charge in [0, 0.05) is 18.5 Å². The van der Waals surface area contributed by atoms with E-state index in [1.165, 1.54) is 0 Å². The Morgan fingerprint density at radius 3 is 2.79 bits per heavy atom. The number of halogens is 2. The van der Waals surface area contributed by atoms with Crippen molar-refractivity contribution in [2.45, 2.75) is 19.9 Å². The first-order valence-corrected chi connectivity index (χ1v) is 5.99. The topological polar surface area (TPSA) is 43.8 Å². The van der Waals surface area contributed by atoms with Gasteiger partial charge in [0.15, 0.2) is 0 Å². The van der Waals surface area contributed by atoms with Gasteiger partial charge in [0.2, 0.25) is 0 Å². The summed E-state index contributed by atoms with van der Waals surface area (Å²) < 4.78 is 28.8. The molecule has 0 unspecified atom stereocenters. The molecular weight excluding hydrogens is 248 g/mol. The highest BCUT2D eigenvalue weighted by molar-refractivity contribution is 5.71. The number of nitrogen functional groups attached to an aromatic ring is 1. The van der Waals surface area contributed by atoms with Crippen molar-refractivity contribution in [2.75, 3.05) is 5.73 Å². The molecule has 100 valence electrons. The van der Waals surface area contributed by atoms with E-state index >= 15 is 0 Å². The molecule has 0 aliphatic rings. The van der Waals surface area contributed by atoms with Gasteiger partial charge >= 0.3 is 0 Å². The Balaban J connectivity index is 2.62. The van der Waals surface area contributed by atoms with Crippen LogP contribution in [0, 0.1) is 11.6 Å². The van der Waals surface area contributed by atoms with Gasteiger partial charge in [0.1, 0.15) is 29.0 Å². The van der Waals surface area contributed by atoms with Crippen molar-refractivity contribution in [2.24, 2.45) is 0 Å². The second-order valence-corrected chi connectivity index (χ2v) is 4.14. The second kappa shape index (κ2) is 5.22. The van der Waals surface area contributed by atoms with Gasteiger partial charge in [-0.15, -0.1) is 6.58 Å². The highest BCUT2D eigenvalue weighted by Gasteiger charge is 2.17. The van der Waals surface area contributed by atoms with Crippen molar-refractivity contribution in [1.29, 1.82) is 0 Å². The van der Waals surface area contributed by atoms with E-state index in [2.05, 4.69) is 11.6 Å². The van der Waals surface area contributed by atoms with E-state index in [1.54, 1.807) is 10.6 Å². The first-order valence-electron chi connectivity index (χ1n) is 5.99. The Hall–Kier alpha value is -2.17. The SMILES string of the molecule is C=CCn1c(CC)nc(-c2cc(F)ccc2F)c1N. The largest absolute Gasteiger partial charge is 0.383 e. The highest BCUT2D eigenvalue weighted by atomic mass is 19.1. The summed E-state index contributed by atoms with van der Waals surface area (Å²) in [7, 11) is 0. The molecule has 0 aliphatic carbocycles. The average molecular weight is 263 g/mol. The van der Waals surface area contributed by atoms with Crippen LogP contribution in [0.25, 0.3) is 11.3 Å². The minimum absolute atomic E-state index is 0.0787. The second-order valence-electron chi connectivity index (χ2n) is 4.14. The summed E-state index contributed by atoms with van der Waals surface area (Å²) in [6, 6.07) is 3.24. The van der Waals surface area contributed by atoms with E-state index in [-0.39, 0.29) is 11.3 Å². The van der Waals surface area contributed by atoms with E-state index in [9.17, 15) is 8.78 Å². The van der Waals surface area contributed by atoms with Gasteiger partial charge in [-0.1, -0.05) is 13.0 Å². The van der Waals surface area contributed by atoms with Gasteiger partial charge in [-0.25, -0.2) is 13.8 Å². The van der Waals surface area contributed by atoms with Crippen LogP contribution >= 0.6 is 0 Å². The van der Waals surface area contributed by atoms with E-state index in [4.69, 9.17) is 5.73 Å². The zero-order valence-electron chi connectivity index (χ0n) is 10.7. The molecular formula is C14H15F2N3. The van der Waals surface area contributed by atoms with Gasteiger partial charge in [0.05, 0.1) is 0 Å². The summed E-state index contributed by atoms with van der Waals surface area (Å²) in [5, 5.41) is 0. The molecule has 1 aromatic carbocycles. The quantitative estimate of drug-likeness (QED) is 0.861. The van der Waals surface area contributed by atoms with E-state index in [0.29, 0.717) is 18.8 Å². The molecule has 2 aromatic rings. The highest BCUT2D eigenvalue weighted by Crippen LogP contribution is 2.29. The van der Waals surface area contributed by atoms with Crippen molar-refractivity contribution in [1.82, 2.24) is 9.55 Å². The third-order valence-electron chi connectivity index (χ3n) is 2.90. The molecule has 2 N–H and O–H groups in total. The fraction of sp³-hybridized carbons (Fsp3) is 0.214. The van der Waals surface area contributed by atoms with Gasteiger partial charge in [-0.05, 0) is 18.2 Å². The van der Waals surface area contributed by atoms with Crippen molar-refractivity contribution >= 4 is 5.82 Å². The molecule has 0 saturated heterocycles. The summed E-state index contributed by atoms with van der Waals surface area (Å²) in [5.74, 6) is -0.0246. The maximum atomic E-state index is 13.8. The number of aromatic nitrogens is 2. The van der Waals surface area contributed by atoms with Gasteiger partial charge in [-0.2, -0.15) is 0 Å². The van der Waals surface area contributed by atoms with Crippen LogP contribution in [0.1, 0.15) is 12.7 Å². The lowest BCUT2D eigenvalue weighted by molar-refractivity contribution is 0.603. The molecule has 3 nitrogen and oxygen atoms in total. The van der Waals surface area contributed by atoms with Crippen LogP contribution < -0.4 is 5.73 Å². The lowest BCUT2D eigenvalue weighted by Crippen LogP contribution is -2.05. The number of nitrogens with two attached hydrogens (primary N) is 1. The Labute approximate surface area is 110 Å². The van der Waals surface area contributed by atoms with Crippen molar-refractivity contribution < 1.29 is 8.78 Å². The van der Waals surface area contributed by atoms with Crippen LogP contribution in [-0.4, -0.2) is 9.55 Å². The molecule has 19 heavy (non-hydrogen) atoms. The molecule has 0 spiro atoms. The summed E-state index contributed by atoms with van der Waals surface area (Å²) in [4.78, 5) is 4.30. The molecule has 0 atom stereocenters. The molecule has 0 amide bonds. The summed E-state index contributed by atoms with van der Waals surface area (Å²) in [6.45, 7) is 6.06. The zero-order valence-corrected chi connectivity index (χ0v) is 10.7. The first-order chi connectivity index (χ1) is 9.08. The van der Waals surface area contributed by atoms with Gasteiger partial charge in [0.25, 0.3) is 0 Å². The number of benzene rings is 1. The third kappa shape index (κ3) is 2.36. The number of hydrogen-bond donors (Lipinski definition) is 1. The minimum Gasteiger partial charge on any atom is -0.383 e. The van der Waals surface area contributed by atoms with Crippen LogP contribution in [0.3, 0.4) is 0 Å². The average Bonchev–Trinajstić information content (AvgIpc) is 2.70. The number of nitrogens with zero attached hydrogens (tertiary/aromatic N) is 2. The normalized spacial score (nSPS) is 10.7. The Bertz CT molecular complexity index is 617. The summed E-state index contributed by atoms with van der Waals surface area (Å²) in [6.07, 6.45) is 2.33. The van der Waals surface area contributed by atoms with Gasteiger partial charge < -0.3 is 10.3 Å². The number of hydrogen-bond acceptors (Lipinski definition) is 2. The predicted molar refractivity (Wildman–Crippen MR) is 71.6 cm³/mol. The molecule has 0 aliphatic heterocycles.